The number of aliphatic hydroxyl groups is 5. The molecule has 1 aromatic heterocycles. The number of benzene rings is 5. The topological polar surface area (TPSA) is 582 Å². The summed E-state index contributed by atoms with van der Waals surface area (Å²) in [6.07, 6.45) is -18.7. The molecule has 13 rings (SSSR count). The summed E-state index contributed by atoms with van der Waals surface area (Å²) in [7, 11) is 1.47. The van der Waals surface area contributed by atoms with Crippen molar-refractivity contribution in [3.63, 3.8) is 0 Å². The van der Waals surface area contributed by atoms with Crippen molar-refractivity contribution in [2.24, 2.45) is 17.4 Å². The van der Waals surface area contributed by atoms with Crippen LogP contribution in [0.25, 0.3) is 11.1 Å². The minimum atomic E-state index is -2.37. The summed E-state index contributed by atoms with van der Waals surface area (Å²) in [5.74, 6) is -16.7. The number of ether oxygens (including phenoxy) is 6. The van der Waals surface area contributed by atoms with E-state index in [1.807, 2.05) is 13.8 Å². The van der Waals surface area contributed by atoms with Crippen molar-refractivity contribution in [2.45, 2.75) is 161 Å². The maximum Gasteiger partial charge on any atom is 0.330 e. The molecule has 36 nitrogen and oxygen atoms in total. The van der Waals surface area contributed by atoms with E-state index in [0.29, 0.717) is 0 Å². The lowest BCUT2D eigenvalue weighted by atomic mass is 9.86. The molecule has 0 aliphatic carbocycles. The van der Waals surface area contributed by atoms with Crippen LogP contribution in [-0.4, -0.2) is 195 Å². The first-order chi connectivity index (χ1) is 51.5. The van der Waals surface area contributed by atoms with Crippen LogP contribution in [0, 0.1) is 5.92 Å². The molecule has 7 aliphatic heterocycles. The van der Waals surface area contributed by atoms with Crippen LogP contribution in [0.4, 0.5) is 5.82 Å². The van der Waals surface area contributed by atoms with Gasteiger partial charge in [-0.1, -0.05) is 67.0 Å². The number of H-pyrrole nitrogens is 1. The highest BCUT2D eigenvalue weighted by molar-refractivity contribution is 7.99. The molecule has 2 saturated heterocycles. The molecule has 582 valence electrons. The van der Waals surface area contributed by atoms with Crippen molar-refractivity contribution >= 4 is 88.1 Å². The number of nitrogens with two attached hydrogens (primary N) is 3. The number of primary amides is 1. The number of aromatic nitrogens is 2. The number of thioether (sulfide) groups is 1. The second-order valence-corrected chi connectivity index (χ2v) is 29.1. The number of nitrogen functional groups attached to an aromatic ring is 1. The number of aliphatic hydroxyl groups excluding tert-OH is 5. The second-order valence-electron chi connectivity index (χ2n) is 27.3. The Hall–Kier alpha value is -10.1. The van der Waals surface area contributed by atoms with Gasteiger partial charge in [-0.15, -0.1) is 0 Å². The van der Waals surface area contributed by atoms with Crippen LogP contribution < -0.4 is 74.2 Å². The van der Waals surface area contributed by atoms with E-state index in [-0.39, 0.29) is 62.9 Å². The third-order valence-corrected chi connectivity index (χ3v) is 20.3. The van der Waals surface area contributed by atoms with Crippen molar-refractivity contribution in [3.8, 4) is 57.1 Å². The van der Waals surface area contributed by atoms with Gasteiger partial charge in [-0.3, -0.25) is 38.4 Å². The van der Waals surface area contributed by atoms with Crippen molar-refractivity contribution in [2.75, 3.05) is 18.5 Å². The fourth-order valence-corrected chi connectivity index (χ4v) is 14.6. The maximum absolute atomic E-state index is 16.2. The smallest absolute Gasteiger partial charge is 0.330 e. The Balaban J connectivity index is 1.17. The zero-order valence-corrected chi connectivity index (χ0v) is 60.6. The second kappa shape index (κ2) is 32.6. The highest BCUT2D eigenvalue weighted by Gasteiger charge is 2.52. The number of rotatable bonds is 15. The molecule has 7 aliphatic rings. The van der Waals surface area contributed by atoms with Crippen LogP contribution in [0.2, 0.25) is 10.0 Å². The van der Waals surface area contributed by atoms with Gasteiger partial charge in [0.2, 0.25) is 53.4 Å². The molecular formula is C70H78Cl2N12O24S. The molecule has 2 unspecified atom stereocenters. The van der Waals surface area contributed by atoms with Gasteiger partial charge in [-0.2, -0.15) is 0 Å². The summed E-state index contributed by atoms with van der Waals surface area (Å²) in [6, 6.07) is 0.183. The van der Waals surface area contributed by atoms with Crippen LogP contribution in [0.1, 0.15) is 105 Å². The predicted octanol–water partition coefficient (Wildman–Crippen LogP) is 0.572. The third kappa shape index (κ3) is 17.5. The summed E-state index contributed by atoms with van der Waals surface area (Å²) < 4.78 is 39.3. The number of carbonyl (C=O) groups excluding carboxylic acids is 7. The lowest BCUT2D eigenvalue weighted by molar-refractivity contribution is -0.329. The number of halogens is 2. The van der Waals surface area contributed by atoms with Gasteiger partial charge in [0.15, 0.2) is 35.1 Å². The quantitative estimate of drug-likeness (QED) is 0.0494. The van der Waals surface area contributed by atoms with E-state index in [0.717, 1.165) is 84.6 Å². The van der Waals surface area contributed by atoms with E-state index in [9.17, 15) is 74.7 Å². The zero-order chi connectivity index (χ0) is 79.1. The molecule has 7 amide bonds. The number of carbonyl (C=O) groups is 8. The van der Waals surface area contributed by atoms with Gasteiger partial charge in [0.25, 0.3) is 5.56 Å². The summed E-state index contributed by atoms with van der Waals surface area (Å²) in [5.41, 5.74) is 13.3. The highest BCUT2D eigenvalue weighted by Crippen LogP contribution is 2.50. The molecule has 39 heteroatoms. The Bertz CT molecular complexity index is 4640. The number of hydrogen-bond acceptors (Lipinski definition) is 28. The summed E-state index contributed by atoms with van der Waals surface area (Å²) in [6.45, 7) is 6.62. The van der Waals surface area contributed by atoms with Gasteiger partial charge < -0.3 is 134 Å². The number of amides is 7. The zero-order valence-electron chi connectivity index (χ0n) is 58.3. The molecule has 5 aromatic carbocycles. The number of carboxylic acids is 1. The summed E-state index contributed by atoms with van der Waals surface area (Å²) in [4.78, 5) is 137. The molecule has 23 N–H and O–H groups in total. The molecule has 18 atom stereocenters. The molecular weight excluding hydrogens is 1500 g/mol. The van der Waals surface area contributed by atoms with Crippen LogP contribution >= 0.6 is 35.0 Å². The fraction of sp³-hybridized carbons (Fsp3) is 0.400. The van der Waals surface area contributed by atoms with Gasteiger partial charge in [0, 0.05) is 46.5 Å². The lowest BCUT2D eigenvalue weighted by Gasteiger charge is -2.47. The van der Waals surface area contributed by atoms with E-state index >= 15 is 14.4 Å². The number of aromatic amines is 1. The molecule has 109 heavy (non-hydrogen) atoms. The normalized spacial score (nSPS) is 28.1. The number of fused-ring (bicyclic) bond motifs is 15. The number of likely N-dealkylation sites (N-methyl/N-ethyl adjacent to an activating group) is 1. The minimum absolute atomic E-state index is 0.0628. The van der Waals surface area contributed by atoms with Crippen LogP contribution in [-0.2, 0) is 52.6 Å². The largest absolute Gasteiger partial charge is 0.508 e. The first-order valence-electron chi connectivity index (χ1n) is 33.8. The molecule has 0 spiro atoms. The maximum atomic E-state index is 16.2. The number of aromatic hydroxyl groups is 3. The van der Waals surface area contributed by atoms with E-state index in [1.54, 1.807) is 0 Å². The lowest BCUT2D eigenvalue weighted by Crippen LogP contribution is -2.64. The van der Waals surface area contributed by atoms with Gasteiger partial charge >= 0.3 is 5.97 Å². The Morgan fingerprint density at radius 2 is 1.36 bits per heavy atom. The molecule has 11 bridgehead atoms. The first-order valence-corrected chi connectivity index (χ1v) is 35.6. The number of aliphatic carboxylic acids is 1. The SMILES string of the molecule is CN[C@H](CC(C)C)C(=O)N[C@H]1C(=O)N[C@@H](CC(N)=O)C(=O)NC2C(=O)N[C@H]3C(=O)NC(C(=O)N[C@H](C(=O)O)c4cc(O)cc(O)c4-c4cc3ccc4O)[C@H](O)c3ccc(c(Cl)c3)Oc3cc2cc(c3O[C@@H]2O[C@H](CSc3nc(N)cc(=O)[nH]3)[C@@H](O)[C@H](O)[C@H]2O[C@H]2C[C@](C)(N)[C@H](O)[C@H](C)O2)Oc2ccc(cc2Cl)[C@H]1O. The van der Waals surface area contributed by atoms with E-state index < -0.39 is 236 Å². The van der Waals surface area contributed by atoms with Crippen LogP contribution in [0.15, 0.2) is 94.9 Å². The van der Waals surface area contributed by atoms with E-state index in [1.165, 1.54) is 33.0 Å². The molecule has 6 aromatic rings. The Morgan fingerprint density at radius 1 is 0.734 bits per heavy atom. The number of nitrogens with zero attached hydrogens (tertiary/aromatic N) is 1. The molecule has 0 radical (unpaired) electrons. The van der Waals surface area contributed by atoms with Crippen molar-refractivity contribution in [1.29, 1.82) is 0 Å². The summed E-state index contributed by atoms with van der Waals surface area (Å²) in [5, 5.41) is 122. The van der Waals surface area contributed by atoms with E-state index in [2.05, 4.69) is 47.2 Å². The van der Waals surface area contributed by atoms with Crippen molar-refractivity contribution in [3.05, 3.63) is 133 Å². The van der Waals surface area contributed by atoms with E-state index in [4.69, 9.17) is 68.8 Å². The first kappa shape index (κ1) is 79.9. The molecule has 2 fully saturated rings. The average molecular weight is 1570 g/mol. The Kier molecular flexibility index (Phi) is 23.9. The number of phenols is 3. The Morgan fingerprint density at radius 3 is 1.96 bits per heavy atom. The summed E-state index contributed by atoms with van der Waals surface area (Å²) >= 11 is 15.1. The van der Waals surface area contributed by atoms with Gasteiger partial charge in [-0.05, 0) is 110 Å². The van der Waals surface area contributed by atoms with Gasteiger partial charge in [0.1, 0.15) is 89.2 Å². The average Bonchev–Trinajstić information content (AvgIpc) is 0.767. The number of phenolic OH excluding ortho intramolecular Hbond substituents is 3. The predicted molar refractivity (Wildman–Crippen MR) is 382 cm³/mol. The number of anilines is 1. The third-order valence-electron chi connectivity index (χ3n) is 18.7. The molecule has 0 saturated carbocycles. The highest BCUT2D eigenvalue weighted by atomic mass is 35.5. The minimum Gasteiger partial charge on any atom is -0.508 e. The number of hydrogen-bond donors (Lipinski definition) is 20. The number of carboxylic acid groups (broad SMARTS) is 1. The van der Waals surface area contributed by atoms with Gasteiger partial charge in [0.05, 0.1) is 40.8 Å². The van der Waals surface area contributed by atoms with Crippen molar-refractivity contribution < 1.29 is 113 Å². The van der Waals surface area contributed by atoms with Crippen molar-refractivity contribution in [1.82, 2.24) is 47.2 Å². The monoisotopic (exact) mass is 1570 g/mol. The van der Waals surface area contributed by atoms with Crippen LogP contribution in [0.5, 0.6) is 46.0 Å². The van der Waals surface area contributed by atoms with Gasteiger partial charge in [-0.25, -0.2) is 9.78 Å². The Labute approximate surface area is 632 Å². The molecule has 8 heterocycles. The number of nitrogens with one attached hydrogen (secondary N) is 8. The van der Waals surface area contributed by atoms with Crippen LogP contribution in [0.3, 0.4) is 0 Å². The fourth-order valence-electron chi connectivity index (χ4n) is 13.2. The standard InChI is InChI=1S/C70H78Cl2N12O24S/c1-24(2)12-35(76-5)61(95)83-52-54(90)27-7-10-39(33(71)14-27)104-41-16-29-17-42(58(41)108-68-59(107-47-22-70(4,75)60(94)25(3)103-47)57(93)56(92)43(106-68)23-109-69-78-44(73)21-46(89)79-69)105-40-11-8-28(15-34(40)72)55(91)53-66(100)82-51(67(101)102)32-18-30(85)19-38(87)48(32)31-13-26(6-9-37(31)86)49(63(97)84-53)81-64(98)50(29)80-62(96)36(20-45(74)88)77-65(52)99/h6-11,13-19,21,24-25,35-36,43,47,49-57,59-60,68,76,85-87,90-94H,12,20,22-23,75H2,1-5H3,(H2,74,88)(H,77,99)(H,80,96)(H,81,98)(H,82,100)(H,83,95)(H,84,97)(H,101,102)(H3,73,78,79,89)/t25-,35+,36-,43+,47-,49+,50?,51-,52+,53?,54+,55+,56+,57-,59+,60+,68-,70-/m0/s1.